The fourth-order valence-electron chi connectivity index (χ4n) is 13.0. The van der Waals surface area contributed by atoms with E-state index in [1.165, 1.54) is 52.2 Å². The van der Waals surface area contributed by atoms with Gasteiger partial charge in [0.25, 0.3) is 0 Å². The number of aliphatic hydroxyl groups is 7. The molecule has 2 amide bonds. The molecule has 23 atom stereocenters. The van der Waals surface area contributed by atoms with Crippen LogP contribution in [-0.2, 0) is 57.2 Å². The number of carbonyl (C=O) groups is 5. The van der Waals surface area contributed by atoms with E-state index in [1.54, 1.807) is 62.2 Å². The Morgan fingerprint density at radius 1 is 0.903 bits per heavy atom. The van der Waals surface area contributed by atoms with Crippen LogP contribution in [0.25, 0.3) is 0 Å². The number of Topliss-reactive ketones (excluding diaryl/α,β-unsaturated/α-hetero) is 1. The Bertz CT molecular complexity index is 3070. The molecule has 2 aliphatic carbocycles. The average Bonchev–Trinajstić information content (AvgIpc) is 1.74. The summed E-state index contributed by atoms with van der Waals surface area (Å²) in [5.74, 6) is 6.58. The van der Waals surface area contributed by atoms with Crippen LogP contribution in [0.4, 0.5) is 0 Å². The number of fused-ring (bicyclic) bond motifs is 3. The number of ether oxygens (including phenoxy) is 10. The highest BCUT2D eigenvalue weighted by Gasteiger charge is 2.57. The normalized spacial score (nSPS) is 37.9. The van der Waals surface area contributed by atoms with Crippen LogP contribution in [0.5, 0.6) is 17.2 Å². The molecule has 31 heteroatoms. The number of ketones is 1. The topological polar surface area (TPSA) is 347 Å². The molecular weight excluding hydrogens is 1410 g/mol. The first-order valence-electron chi connectivity index (χ1n) is 30.6. The lowest BCUT2D eigenvalue weighted by Gasteiger charge is -2.48. The van der Waals surface area contributed by atoms with Crippen molar-refractivity contribution in [2.45, 2.75) is 181 Å². The van der Waals surface area contributed by atoms with Crippen LogP contribution in [-0.4, -0.2) is 252 Å². The Morgan fingerprint density at radius 2 is 1.61 bits per heavy atom. The Kier molecular flexibility index (Phi) is 25.7. The highest BCUT2D eigenvalue weighted by atomic mass is 127. The van der Waals surface area contributed by atoms with Gasteiger partial charge < -0.3 is 92.9 Å². The Morgan fingerprint density at radius 3 is 2.27 bits per heavy atom. The molecule has 2 bridgehead atoms. The van der Waals surface area contributed by atoms with Gasteiger partial charge in [0.1, 0.15) is 40.9 Å². The number of likely N-dealkylation sites (N-methyl/N-ethyl adjacent to an activating group) is 1. The van der Waals surface area contributed by atoms with Crippen LogP contribution in [0, 0.1) is 57.8 Å². The number of hydroxylamine groups is 1. The second-order valence-corrected chi connectivity index (χ2v) is 29.6. The minimum absolute atomic E-state index is 0.00440. The van der Waals surface area contributed by atoms with Gasteiger partial charge >= 0.3 is 5.97 Å². The molecule has 8 aliphatic rings. The van der Waals surface area contributed by atoms with Crippen LogP contribution in [0.15, 0.2) is 23.8 Å². The summed E-state index contributed by atoms with van der Waals surface area (Å²) in [6.45, 7) is 9.12. The lowest BCUT2D eigenvalue weighted by atomic mass is 9.64. The molecule has 8 N–H and O–H groups in total. The molecule has 19 unspecified atom stereocenters. The number of hydrogen-bond donors (Lipinski definition) is 8. The molecule has 93 heavy (non-hydrogen) atoms. The Balaban J connectivity index is 0.945. The third-order valence-electron chi connectivity index (χ3n) is 18.0. The van der Waals surface area contributed by atoms with Crippen LogP contribution in [0.1, 0.15) is 76.2 Å². The van der Waals surface area contributed by atoms with Crippen LogP contribution in [0.2, 0.25) is 0 Å². The van der Waals surface area contributed by atoms with Crippen molar-refractivity contribution < 1.29 is 112 Å². The zero-order valence-corrected chi connectivity index (χ0v) is 58.2. The van der Waals surface area contributed by atoms with Gasteiger partial charge in [-0.15, -0.1) is 35.3 Å². The summed E-state index contributed by atoms with van der Waals surface area (Å²) < 4.78 is 61.7. The summed E-state index contributed by atoms with van der Waals surface area (Å²) >= 11 is 7.50. The average molecular weight is 1490 g/mol. The summed E-state index contributed by atoms with van der Waals surface area (Å²) in [5, 5.41) is 79.1. The van der Waals surface area contributed by atoms with E-state index in [4.69, 9.17) is 52.2 Å². The summed E-state index contributed by atoms with van der Waals surface area (Å²) in [6, 6.07) is -1.69. The number of nitrogens with zero attached hydrogens (tertiary/aromatic N) is 2. The quantitative estimate of drug-likeness (QED) is 0.0147. The van der Waals surface area contributed by atoms with Crippen molar-refractivity contribution in [3.05, 3.63) is 38.5 Å². The third kappa shape index (κ3) is 16.1. The molecule has 6 heterocycles. The van der Waals surface area contributed by atoms with E-state index in [2.05, 4.69) is 29.2 Å². The zero-order chi connectivity index (χ0) is 67.3. The van der Waals surface area contributed by atoms with Gasteiger partial charge in [0.15, 0.2) is 36.0 Å². The number of nitrogens with one attached hydrogen (secondary N) is 1. The second kappa shape index (κ2) is 32.5. The minimum Gasteiger partial charge on any atom is -0.492 e. The zero-order valence-electron chi connectivity index (χ0n) is 52.8. The van der Waals surface area contributed by atoms with Gasteiger partial charge in [0.2, 0.25) is 29.0 Å². The van der Waals surface area contributed by atoms with Gasteiger partial charge in [-0.2, -0.15) is 5.48 Å². The number of hydrogen-bond acceptors (Lipinski definition) is 28. The van der Waals surface area contributed by atoms with Gasteiger partial charge in [-0.1, -0.05) is 41.5 Å². The van der Waals surface area contributed by atoms with Crippen molar-refractivity contribution in [1.29, 1.82) is 0 Å². The molecular formula is C62H82IN3O23S4. The molecule has 514 valence electrons. The SMILES string of the molecule is CCN(C(C)=O)C1COC(OC2C(O[C@H]3C#C/C=C\C#C[C@]4(O)CC(=O)[C@H](CC(=O)OC)C3/C4=C/CSCC(=O)N3C4SCS[C@H]43)OC(C)C(NOC3CC(O)C(SC(=O)c4c(C)c(I)c(OC5OC(C)C(O)C(CO)C5O)c(OC)c4OC)C(C)O3)C2O)CC1CO. The number of amides is 2. The number of carbonyl (C=O) groups excluding carboxylic acids is 5. The standard InChI is InChI=1S/C62H82IN3O23S4/c1-10-65(32(6)69)37-25-82-43(19-33(37)23-67)87-54-51(76)48(64-89-44-21-38(70)56(31(5)83-44)93-59(77)45-28(2)47(63)53(55(81-9)52(45)80-8)88-60-50(75)35(24-68)49(74)30(4)85-60)29(3)84-61(54)86-40-15-13-11-12-14-17-62(78)22-39(71)34(20-42(73)79-7)46(40)36(62)16-18-90-26-41(72)66-57-58(66)92-27-91-57/h11-12,16,29-31,33-35,37-38,40,43-44,46,48-51,54,56-58,60-61,64,67-68,70,74-76,78H,10,18-27H2,1-9H3/b12-11-,36-16-/t29?,30?,31?,33?,34-,35?,37?,38?,40-,43?,44?,46?,48?,49?,50?,51?,54?,56?,57+,58?,60?,61?,62-,66?/m0/s1. The summed E-state index contributed by atoms with van der Waals surface area (Å²) in [4.78, 5) is 77.7. The van der Waals surface area contributed by atoms with Crippen LogP contribution >= 0.6 is 69.6 Å². The van der Waals surface area contributed by atoms with E-state index in [1.807, 2.05) is 34.4 Å². The number of halogens is 1. The number of allylic oxidation sites excluding steroid dienone is 2. The number of thioether (sulfide) groups is 4. The monoisotopic (exact) mass is 1490 g/mol. The molecule has 0 radical (unpaired) electrons. The van der Waals surface area contributed by atoms with Crippen molar-refractivity contribution in [1.82, 2.24) is 15.3 Å². The van der Waals surface area contributed by atoms with Crippen molar-refractivity contribution in [3.8, 4) is 40.9 Å². The number of benzene rings is 1. The first-order valence-corrected chi connectivity index (χ1v) is 35.8. The van der Waals surface area contributed by atoms with Gasteiger partial charge in [0.05, 0.1) is 110 Å². The largest absolute Gasteiger partial charge is 0.492 e. The molecule has 26 nitrogen and oxygen atoms in total. The van der Waals surface area contributed by atoms with E-state index < -0.39 is 163 Å². The highest BCUT2D eigenvalue weighted by Crippen LogP contribution is 2.54. The van der Waals surface area contributed by atoms with Gasteiger partial charge in [-0.3, -0.25) is 28.8 Å². The molecule has 1 aromatic rings. The van der Waals surface area contributed by atoms with E-state index in [0.29, 0.717) is 15.7 Å². The molecule has 6 aliphatic heterocycles. The number of esters is 1. The molecule has 9 rings (SSSR count). The number of aliphatic hydroxyl groups excluding tert-OH is 6. The molecule has 7 fully saturated rings. The predicted octanol–water partition coefficient (Wildman–Crippen LogP) is 1.83. The van der Waals surface area contributed by atoms with Crippen molar-refractivity contribution in [3.63, 3.8) is 0 Å². The predicted molar refractivity (Wildman–Crippen MR) is 348 cm³/mol. The smallest absolute Gasteiger partial charge is 0.306 e. The summed E-state index contributed by atoms with van der Waals surface area (Å²) in [5.41, 5.74) is 1.50. The second-order valence-electron chi connectivity index (χ2n) is 23.8. The minimum atomic E-state index is -2.09. The maximum Gasteiger partial charge on any atom is 0.306 e. The van der Waals surface area contributed by atoms with E-state index in [0.717, 1.165) is 16.8 Å². The molecule has 0 spiro atoms. The van der Waals surface area contributed by atoms with E-state index >= 15 is 0 Å². The van der Waals surface area contributed by atoms with Crippen molar-refractivity contribution in [2.24, 2.45) is 23.7 Å². The Hall–Kier alpha value is -3.50. The van der Waals surface area contributed by atoms with Gasteiger partial charge in [-0.25, -0.2) is 0 Å². The summed E-state index contributed by atoms with van der Waals surface area (Å²) in [6.07, 6.45) is -12.9. The lowest BCUT2D eigenvalue weighted by Crippen LogP contribution is -2.65. The maximum absolute atomic E-state index is 14.5. The van der Waals surface area contributed by atoms with Gasteiger partial charge in [0, 0.05) is 67.4 Å². The first kappa shape index (κ1) is 73.7. The fourth-order valence-corrected chi connectivity index (χ4v) is 18.7. The maximum atomic E-state index is 14.5. The number of rotatable bonds is 23. The summed E-state index contributed by atoms with van der Waals surface area (Å²) in [7, 11) is 3.86. The molecule has 1 saturated carbocycles. The van der Waals surface area contributed by atoms with Crippen molar-refractivity contribution in [2.75, 3.05) is 64.3 Å². The lowest BCUT2D eigenvalue weighted by molar-refractivity contribution is -0.339. The third-order valence-corrected chi connectivity index (χ3v) is 24.5. The number of methoxy groups -OCH3 is 3. The van der Waals surface area contributed by atoms with Crippen LogP contribution in [0.3, 0.4) is 0 Å². The van der Waals surface area contributed by atoms with Crippen LogP contribution < -0.4 is 19.7 Å². The van der Waals surface area contributed by atoms with E-state index in [9.17, 15) is 59.7 Å². The molecule has 0 aromatic heterocycles. The van der Waals surface area contributed by atoms with Gasteiger partial charge in [-0.05, 0) is 80.5 Å². The Labute approximate surface area is 570 Å². The highest BCUT2D eigenvalue weighted by molar-refractivity contribution is 14.1. The fraction of sp³-hybridized carbons (Fsp3) is 0.694. The first-order chi connectivity index (χ1) is 44.4. The molecule has 1 aromatic carbocycles. The van der Waals surface area contributed by atoms with E-state index in [-0.39, 0.29) is 88.5 Å². The molecule has 6 saturated heterocycles. The van der Waals surface area contributed by atoms with Crippen molar-refractivity contribution >= 4 is 98.3 Å².